The number of benzene rings is 2. The van der Waals surface area contributed by atoms with Gasteiger partial charge in [0, 0.05) is 36.3 Å². The number of amides is 2. The Labute approximate surface area is 220 Å². The largest absolute Gasteiger partial charge is 0.497 e. The highest BCUT2D eigenvalue weighted by Gasteiger charge is 2.32. The summed E-state index contributed by atoms with van der Waals surface area (Å²) in [6.45, 7) is 9.60. The van der Waals surface area contributed by atoms with Gasteiger partial charge < -0.3 is 24.2 Å². The molecule has 11 heteroatoms. The highest BCUT2D eigenvalue weighted by Crippen LogP contribution is 2.24. The summed E-state index contributed by atoms with van der Waals surface area (Å²) in [5.74, 6) is -1.13. The smallest absolute Gasteiger partial charge is 0.251 e. The minimum absolute atomic E-state index is 0.224. The lowest BCUT2D eigenvalue weighted by Crippen LogP contribution is -2.45. The summed E-state index contributed by atoms with van der Waals surface area (Å²) in [6, 6.07) is 9.57. The molecule has 0 saturated carbocycles. The van der Waals surface area contributed by atoms with E-state index in [-0.39, 0.29) is 22.9 Å². The maximum absolute atomic E-state index is 13.6. The van der Waals surface area contributed by atoms with Crippen molar-refractivity contribution in [3.8, 4) is 11.5 Å². The molecule has 0 fully saturated rings. The van der Waals surface area contributed by atoms with Gasteiger partial charge in [0.25, 0.3) is 11.8 Å². The van der Waals surface area contributed by atoms with Gasteiger partial charge in [-0.05, 0) is 75.4 Å². The second-order valence-electron chi connectivity index (χ2n) is 10.1. The molecule has 0 bridgehead atoms. The Balaban J connectivity index is 1.73. The quantitative estimate of drug-likeness (QED) is 0.244. The minimum Gasteiger partial charge on any atom is -0.497 e. The first kappa shape index (κ1) is 30.5. The van der Waals surface area contributed by atoms with Gasteiger partial charge in [-0.25, -0.2) is 8.78 Å². The van der Waals surface area contributed by atoms with E-state index < -0.39 is 28.3 Å². The number of nitrogens with one attached hydrogen (secondary N) is 2. The molecule has 0 radical (unpaired) electrons. The van der Waals surface area contributed by atoms with Crippen LogP contribution in [0.15, 0.2) is 36.4 Å². The highest BCUT2D eigenvalue weighted by molar-refractivity contribution is 6.84. The van der Waals surface area contributed by atoms with Gasteiger partial charge in [-0.3, -0.25) is 9.59 Å². The van der Waals surface area contributed by atoms with Gasteiger partial charge in [-0.2, -0.15) is 0 Å². The molecule has 0 heterocycles. The summed E-state index contributed by atoms with van der Waals surface area (Å²) in [7, 11) is -1.10. The average Bonchev–Trinajstić information content (AvgIpc) is 2.82. The van der Waals surface area contributed by atoms with Crippen LogP contribution in [0, 0.1) is 11.6 Å². The van der Waals surface area contributed by atoms with Crippen molar-refractivity contribution in [1.82, 2.24) is 10.6 Å². The Bertz CT molecular complexity index is 999. The van der Waals surface area contributed by atoms with Crippen LogP contribution in [0.3, 0.4) is 0 Å². The summed E-state index contributed by atoms with van der Waals surface area (Å²) in [4.78, 5) is 24.7. The van der Waals surface area contributed by atoms with Crippen molar-refractivity contribution in [3.63, 3.8) is 0 Å². The number of methoxy groups -OCH3 is 2. The molecule has 0 aliphatic heterocycles. The minimum atomic E-state index is -1.98. The molecule has 0 unspecified atom stereocenters. The fourth-order valence-corrected chi connectivity index (χ4v) is 13.0. The second-order valence-corrected chi connectivity index (χ2v) is 19.0. The number of hydrogen-bond acceptors (Lipinski definition) is 5. The van der Waals surface area contributed by atoms with E-state index >= 15 is 0 Å². The van der Waals surface area contributed by atoms with Crippen molar-refractivity contribution in [2.24, 2.45) is 0 Å². The van der Waals surface area contributed by atoms with E-state index in [1.807, 2.05) is 0 Å². The molecule has 0 aliphatic rings. The van der Waals surface area contributed by atoms with E-state index in [4.69, 9.17) is 13.6 Å². The zero-order valence-corrected chi connectivity index (χ0v) is 24.5. The fourth-order valence-electron chi connectivity index (χ4n) is 4.11. The molecular formula is C26H38F2N2O5Si2. The van der Waals surface area contributed by atoms with Gasteiger partial charge in [0.05, 0.1) is 14.2 Å². The Morgan fingerprint density at radius 3 is 1.43 bits per heavy atom. The third-order valence-corrected chi connectivity index (χ3v) is 13.3. The maximum atomic E-state index is 13.6. The number of hydrogen-bond donors (Lipinski definition) is 2. The number of carbonyl (C=O) groups is 2. The molecular weight excluding hydrogens is 514 g/mol. The Morgan fingerprint density at radius 2 is 1.08 bits per heavy atom. The van der Waals surface area contributed by atoms with Gasteiger partial charge in [-0.15, -0.1) is 0 Å². The maximum Gasteiger partial charge on any atom is 0.251 e. The van der Waals surface area contributed by atoms with Crippen LogP contribution in [0.4, 0.5) is 8.78 Å². The van der Waals surface area contributed by atoms with Crippen LogP contribution in [-0.2, 0) is 4.12 Å². The standard InChI is InChI=1S/C26H38F2N2O5Si2/c1-33-23-15-19(13-21(27)17-23)25(31)29-9-7-11-36(3,4)35-37(5,6)12-8-10-30-26(32)20-14-22(28)18-24(16-20)34-2/h13-18H,7-12H2,1-6H3,(H,29,31)(H,30,32). The van der Waals surface area contributed by atoms with Crippen LogP contribution >= 0.6 is 0 Å². The van der Waals surface area contributed by atoms with Gasteiger partial charge in [-0.1, -0.05) is 0 Å². The average molecular weight is 553 g/mol. The molecule has 0 saturated heterocycles. The molecule has 2 aromatic rings. The lowest BCUT2D eigenvalue weighted by molar-refractivity contribution is 0.0945. The summed E-state index contributed by atoms with van der Waals surface area (Å²) in [5.41, 5.74) is 0.448. The Hall–Kier alpha value is -2.77. The SMILES string of the molecule is COc1cc(F)cc(C(=O)NCCC[Si](C)(C)O[Si](C)(C)CCCNC(=O)c2cc(F)cc(OC)c2)c1. The molecule has 0 aliphatic carbocycles. The zero-order valence-electron chi connectivity index (χ0n) is 22.5. The van der Waals surface area contributed by atoms with E-state index in [2.05, 4.69) is 36.8 Å². The van der Waals surface area contributed by atoms with Gasteiger partial charge in [0.2, 0.25) is 0 Å². The highest BCUT2D eigenvalue weighted by atomic mass is 28.4. The molecule has 204 valence electrons. The van der Waals surface area contributed by atoms with Gasteiger partial charge in [0.15, 0.2) is 16.6 Å². The summed E-state index contributed by atoms with van der Waals surface area (Å²) in [5, 5.41) is 5.67. The van der Waals surface area contributed by atoms with Crippen LogP contribution in [0.25, 0.3) is 0 Å². The van der Waals surface area contributed by atoms with Crippen molar-refractivity contribution in [2.45, 2.75) is 51.1 Å². The predicted octanol–water partition coefficient (Wildman–Crippen LogP) is 5.35. The summed E-state index contributed by atoms with van der Waals surface area (Å²) >= 11 is 0. The van der Waals surface area contributed by atoms with Crippen molar-refractivity contribution in [2.75, 3.05) is 27.3 Å². The molecule has 0 spiro atoms. The van der Waals surface area contributed by atoms with Crippen LogP contribution in [-0.4, -0.2) is 55.8 Å². The molecule has 37 heavy (non-hydrogen) atoms. The zero-order chi connectivity index (χ0) is 27.6. The summed E-state index contributed by atoms with van der Waals surface area (Å²) < 4.78 is 43.9. The van der Waals surface area contributed by atoms with Crippen LogP contribution in [0.2, 0.25) is 38.3 Å². The first-order valence-electron chi connectivity index (χ1n) is 12.3. The number of ether oxygens (including phenoxy) is 2. The Kier molecular flexibility index (Phi) is 11.3. The predicted molar refractivity (Wildman–Crippen MR) is 145 cm³/mol. The third-order valence-electron chi connectivity index (χ3n) is 5.77. The van der Waals surface area contributed by atoms with Crippen molar-refractivity contribution < 1.29 is 32.0 Å². The second kappa shape index (κ2) is 13.7. The van der Waals surface area contributed by atoms with Crippen molar-refractivity contribution >= 4 is 28.4 Å². The summed E-state index contributed by atoms with van der Waals surface area (Å²) in [6.07, 6.45) is 1.52. The molecule has 2 amide bonds. The molecule has 7 nitrogen and oxygen atoms in total. The first-order chi connectivity index (χ1) is 17.3. The van der Waals surface area contributed by atoms with E-state index in [9.17, 15) is 18.4 Å². The van der Waals surface area contributed by atoms with E-state index in [1.54, 1.807) is 0 Å². The van der Waals surface area contributed by atoms with E-state index in [0.29, 0.717) is 24.6 Å². The number of halogens is 2. The monoisotopic (exact) mass is 552 g/mol. The van der Waals surface area contributed by atoms with Gasteiger partial charge in [0.1, 0.15) is 23.1 Å². The lowest BCUT2D eigenvalue weighted by atomic mass is 10.2. The fraction of sp³-hybridized carbons (Fsp3) is 0.462. The van der Waals surface area contributed by atoms with Gasteiger partial charge >= 0.3 is 0 Å². The molecule has 2 aromatic carbocycles. The number of carbonyl (C=O) groups excluding carboxylic acids is 2. The van der Waals surface area contributed by atoms with Crippen LogP contribution in [0.5, 0.6) is 11.5 Å². The molecule has 2 rings (SSSR count). The normalized spacial score (nSPS) is 11.7. The van der Waals surface area contributed by atoms with Crippen molar-refractivity contribution in [3.05, 3.63) is 59.2 Å². The third kappa shape index (κ3) is 10.6. The number of rotatable bonds is 14. The van der Waals surface area contributed by atoms with Crippen LogP contribution < -0.4 is 20.1 Å². The molecule has 2 N–H and O–H groups in total. The molecule has 0 atom stereocenters. The van der Waals surface area contributed by atoms with E-state index in [1.165, 1.54) is 50.6 Å². The molecule has 0 aromatic heterocycles. The Morgan fingerprint density at radius 1 is 0.703 bits per heavy atom. The van der Waals surface area contributed by atoms with Crippen molar-refractivity contribution in [1.29, 1.82) is 0 Å². The topological polar surface area (TPSA) is 85.9 Å². The lowest BCUT2D eigenvalue weighted by Gasteiger charge is -2.34. The van der Waals surface area contributed by atoms with Crippen LogP contribution in [0.1, 0.15) is 33.6 Å². The first-order valence-corrected chi connectivity index (χ1v) is 18.5. The van der Waals surface area contributed by atoms with E-state index in [0.717, 1.165) is 24.9 Å².